The highest BCUT2D eigenvalue weighted by Gasteiger charge is 2.34. The number of benzene rings is 2. The summed E-state index contributed by atoms with van der Waals surface area (Å²) < 4.78 is 0. The van der Waals surface area contributed by atoms with Crippen molar-refractivity contribution in [3.8, 4) is 0 Å². The fourth-order valence-electron chi connectivity index (χ4n) is 5.74. The van der Waals surface area contributed by atoms with Crippen LogP contribution in [0.5, 0.6) is 0 Å². The average Bonchev–Trinajstić information content (AvgIpc) is 2.83. The molecule has 33 heavy (non-hydrogen) atoms. The highest BCUT2D eigenvalue weighted by molar-refractivity contribution is 5.97. The summed E-state index contributed by atoms with van der Waals surface area (Å²) in [4.78, 5) is 29.8. The maximum absolute atomic E-state index is 13.2. The minimum absolute atomic E-state index is 0.0271. The number of piperidine rings is 2. The molecule has 0 saturated carbocycles. The van der Waals surface area contributed by atoms with E-state index in [1.54, 1.807) is 6.92 Å². The zero-order chi connectivity index (χ0) is 23.4. The lowest BCUT2D eigenvalue weighted by Crippen LogP contribution is -2.51. The molecule has 2 aromatic carbocycles. The van der Waals surface area contributed by atoms with Gasteiger partial charge in [-0.25, -0.2) is 0 Å². The number of nitrogens with one attached hydrogen (secondary N) is 1. The molecule has 0 spiro atoms. The Morgan fingerprint density at radius 3 is 2.21 bits per heavy atom. The summed E-state index contributed by atoms with van der Waals surface area (Å²) in [6, 6.07) is 17.0. The van der Waals surface area contributed by atoms with E-state index in [4.69, 9.17) is 0 Å². The van der Waals surface area contributed by atoms with Crippen molar-refractivity contribution in [3.05, 3.63) is 70.8 Å². The largest absolute Gasteiger partial charge is 0.349 e. The van der Waals surface area contributed by atoms with Gasteiger partial charge in [-0.05, 0) is 68.7 Å². The van der Waals surface area contributed by atoms with Crippen molar-refractivity contribution in [3.63, 3.8) is 0 Å². The van der Waals surface area contributed by atoms with Crippen molar-refractivity contribution in [2.75, 3.05) is 26.2 Å². The molecule has 2 aromatic rings. The van der Waals surface area contributed by atoms with E-state index in [1.807, 2.05) is 55.1 Å². The van der Waals surface area contributed by atoms with Crippen molar-refractivity contribution >= 4 is 11.8 Å². The van der Waals surface area contributed by atoms with Crippen molar-refractivity contribution in [1.29, 1.82) is 0 Å². The van der Waals surface area contributed by atoms with Crippen LogP contribution < -0.4 is 5.32 Å². The lowest BCUT2D eigenvalue weighted by atomic mass is 9.85. The molecule has 2 amide bonds. The number of hydrogen-bond acceptors (Lipinski definition) is 3. The lowest BCUT2D eigenvalue weighted by molar-refractivity contribution is -0.120. The van der Waals surface area contributed by atoms with Gasteiger partial charge in [-0.15, -0.1) is 0 Å². The SMILES string of the molecule is CC(=O)NC(c1ccccc1)C1CCCN(C2CCN(C(=O)c3c(C)cccc3C)CC2)C1. The first kappa shape index (κ1) is 23.5. The van der Waals surface area contributed by atoms with E-state index >= 15 is 0 Å². The van der Waals surface area contributed by atoms with Gasteiger partial charge in [0, 0.05) is 38.2 Å². The zero-order valence-corrected chi connectivity index (χ0v) is 20.2. The Morgan fingerprint density at radius 2 is 1.58 bits per heavy atom. The number of amides is 2. The number of hydrogen-bond donors (Lipinski definition) is 1. The first-order chi connectivity index (χ1) is 15.9. The molecule has 2 aliphatic heterocycles. The summed E-state index contributed by atoms with van der Waals surface area (Å²) >= 11 is 0. The Labute approximate surface area is 198 Å². The van der Waals surface area contributed by atoms with Crippen LogP contribution >= 0.6 is 0 Å². The molecule has 0 bridgehead atoms. The van der Waals surface area contributed by atoms with Crippen LogP contribution in [0.4, 0.5) is 0 Å². The molecule has 0 radical (unpaired) electrons. The summed E-state index contributed by atoms with van der Waals surface area (Å²) in [7, 11) is 0. The minimum atomic E-state index is 0.0271. The van der Waals surface area contributed by atoms with Gasteiger partial charge in [-0.2, -0.15) is 0 Å². The van der Waals surface area contributed by atoms with Crippen LogP contribution in [-0.2, 0) is 4.79 Å². The molecule has 176 valence electrons. The van der Waals surface area contributed by atoms with E-state index in [-0.39, 0.29) is 17.9 Å². The van der Waals surface area contributed by atoms with Crippen molar-refractivity contribution in [2.24, 2.45) is 5.92 Å². The number of carbonyl (C=O) groups is 2. The third-order valence-corrected chi connectivity index (χ3v) is 7.44. The normalized spacial score (nSPS) is 20.9. The van der Waals surface area contributed by atoms with E-state index < -0.39 is 0 Å². The second kappa shape index (κ2) is 10.5. The first-order valence-corrected chi connectivity index (χ1v) is 12.4. The van der Waals surface area contributed by atoms with Crippen LogP contribution in [0.1, 0.15) is 65.7 Å². The Kier molecular flexibility index (Phi) is 7.49. The maximum atomic E-state index is 13.2. The summed E-state index contributed by atoms with van der Waals surface area (Å²) in [6.07, 6.45) is 4.30. The number of carbonyl (C=O) groups excluding carboxylic acids is 2. The van der Waals surface area contributed by atoms with Gasteiger partial charge in [0.15, 0.2) is 0 Å². The molecule has 2 atom stereocenters. The molecule has 0 aromatic heterocycles. The predicted molar refractivity (Wildman–Crippen MR) is 132 cm³/mol. The molecule has 5 heteroatoms. The molecular weight excluding hydrogens is 410 g/mol. The van der Waals surface area contributed by atoms with Crippen molar-refractivity contribution in [1.82, 2.24) is 15.1 Å². The average molecular weight is 448 g/mol. The molecule has 1 N–H and O–H groups in total. The quantitative estimate of drug-likeness (QED) is 0.734. The van der Waals surface area contributed by atoms with Gasteiger partial charge in [0.05, 0.1) is 6.04 Å². The molecule has 0 aliphatic carbocycles. The van der Waals surface area contributed by atoms with Crippen molar-refractivity contribution < 1.29 is 9.59 Å². The molecular formula is C28H37N3O2. The standard InChI is InChI=1S/C28H37N3O2/c1-20-9-7-10-21(2)26(20)28(33)30-17-14-25(15-18-30)31-16-8-13-24(19-31)27(29-22(3)32)23-11-5-4-6-12-23/h4-7,9-12,24-25,27H,8,13-19H2,1-3H3,(H,29,32). The van der Waals surface area contributed by atoms with Crippen LogP contribution in [-0.4, -0.2) is 53.8 Å². The van der Waals surface area contributed by atoms with Gasteiger partial charge in [0.1, 0.15) is 0 Å². The van der Waals surface area contributed by atoms with E-state index in [0.717, 1.165) is 68.6 Å². The topological polar surface area (TPSA) is 52.7 Å². The highest BCUT2D eigenvalue weighted by Crippen LogP contribution is 2.32. The second-order valence-electron chi connectivity index (χ2n) is 9.78. The molecule has 5 nitrogen and oxygen atoms in total. The van der Waals surface area contributed by atoms with Crippen LogP contribution in [0.25, 0.3) is 0 Å². The monoisotopic (exact) mass is 447 g/mol. The van der Waals surface area contributed by atoms with E-state index in [9.17, 15) is 9.59 Å². The highest BCUT2D eigenvalue weighted by atomic mass is 16.2. The number of aryl methyl sites for hydroxylation is 2. The summed E-state index contributed by atoms with van der Waals surface area (Å²) in [6.45, 7) is 9.39. The van der Waals surface area contributed by atoms with Crippen LogP contribution in [0.2, 0.25) is 0 Å². The molecule has 2 saturated heterocycles. The fraction of sp³-hybridized carbons (Fsp3) is 0.500. The van der Waals surface area contributed by atoms with E-state index in [0.29, 0.717) is 12.0 Å². The molecule has 2 fully saturated rings. The number of nitrogens with zero attached hydrogens (tertiary/aromatic N) is 2. The Morgan fingerprint density at radius 1 is 0.909 bits per heavy atom. The van der Waals surface area contributed by atoms with E-state index in [1.165, 1.54) is 5.56 Å². The second-order valence-corrected chi connectivity index (χ2v) is 9.78. The van der Waals surface area contributed by atoms with Gasteiger partial charge in [0.25, 0.3) is 5.91 Å². The lowest BCUT2D eigenvalue weighted by Gasteiger charge is -2.44. The molecule has 2 unspecified atom stereocenters. The predicted octanol–water partition coefficient (Wildman–Crippen LogP) is 4.50. The van der Waals surface area contributed by atoms with Gasteiger partial charge in [-0.3, -0.25) is 14.5 Å². The first-order valence-electron chi connectivity index (χ1n) is 12.4. The maximum Gasteiger partial charge on any atom is 0.254 e. The fourth-order valence-corrected chi connectivity index (χ4v) is 5.74. The Balaban J connectivity index is 1.39. The Hall–Kier alpha value is -2.66. The van der Waals surface area contributed by atoms with Crippen LogP contribution in [0, 0.1) is 19.8 Å². The molecule has 2 aliphatic rings. The molecule has 4 rings (SSSR count). The Bertz CT molecular complexity index is 946. The van der Waals surface area contributed by atoms with Gasteiger partial charge < -0.3 is 10.2 Å². The van der Waals surface area contributed by atoms with E-state index in [2.05, 4.69) is 22.3 Å². The number of rotatable bonds is 5. The summed E-state index contributed by atoms with van der Waals surface area (Å²) in [5.41, 5.74) is 4.18. The summed E-state index contributed by atoms with van der Waals surface area (Å²) in [5.74, 6) is 0.606. The third kappa shape index (κ3) is 5.47. The zero-order valence-electron chi connectivity index (χ0n) is 20.2. The van der Waals surface area contributed by atoms with Crippen molar-refractivity contribution in [2.45, 2.75) is 58.5 Å². The number of likely N-dealkylation sites (tertiary alicyclic amines) is 2. The smallest absolute Gasteiger partial charge is 0.254 e. The molecule has 2 heterocycles. The van der Waals surface area contributed by atoms with Gasteiger partial charge >= 0.3 is 0 Å². The van der Waals surface area contributed by atoms with Gasteiger partial charge in [-0.1, -0.05) is 48.5 Å². The van der Waals surface area contributed by atoms with Crippen LogP contribution in [0.15, 0.2) is 48.5 Å². The minimum Gasteiger partial charge on any atom is -0.349 e. The van der Waals surface area contributed by atoms with Gasteiger partial charge in [0.2, 0.25) is 5.91 Å². The summed E-state index contributed by atoms with van der Waals surface area (Å²) in [5, 5.41) is 3.22. The third-order valence-electron chi connectivity index (χ3n) is 7.44. The van der Waals surface area contributed by atoms with Crippen LogP contribution in [0.3, 0.4) is 0 Å².